The number of nitrogens with zero attached hydrogens (tertiary/aromatic N) is 1. The van der Waals surface area contributed by atoms with Gasteiger partial charge in [-0.2, -0.15) is 0 Å². The lowest BCUT2D eigenvalue weighted by Gasteiger charge is -2.35. The fourth-order valence-electron chi connectivity index (χ4n) is 2.88. The number of hydrogen-bond acceptors (Lipinski definition) is 3. The van der Waals surface area contributed by atoms with Gasteiger partial charge in [-0.3, -0.25) is 4.79 Å². The average molecular weight is 240 g/mol. The van der Waals surface area contributed by atoms with Crippen molar-refractivity contribution >= 4 is 5.91 Å². The van der Waals surface area contributed by atoms with Crippen LogP contribution in [0.5, 0.6) is 0 Å². The normalized spacial score (nSPS) is 27.1. The average Bonchev–Trinajstić information content (AvgIpc) is 2.40. The van der Waals surface area contributed by atoms with Gasteiger partial charge < -0.3 is 15.0 Å². The highest BCUT2D eigenvalue weighted by Crippen LogP contribution is 2.21. The maximum absolute atomic E-state index is 12.3. The van der Waals surface area contributed by atoms with Crippen LogP contribution in [0.15, 0.2) is 0 Å². The predicted molar refractivity (Wildman–Crippen MR) is 66.8 cm³/mol. The Kier molecular flexibility index (Phi) is 4.80. The molecule has 2 rings (SSSR count). The third-order valence-corrected chi connectivity index (χ3v) is 3.97. The standard InChI is InChI=1S/C13H24N2O2/c1-17-10-11-4-7-15(8-5-11)13(16)12-3-2-6-14-9-12/h11-12,14H,2-10H2,1H3/t12-/m0/s1. The molecular weight excluding hydrogens is 216 g/mol. The molecule has 0 aromatic carbocycles. The molecule has 2 aliphatic rings. The minimum atomic E-state index is 0.225. The molecule has 4 nitrogen and oxygen atoms in total. The minimum Gasteiger partial charge on any atom is -0.384 e. The zero-order chi connectivity index (χ0) is 12.1. The summed E-state index contributed by atoms with van der Waals surface area (Å²) in [6.07, 6.45) is 4.39. The van der Waals surface area contributed by atoms with E-state index in [1.807, 2.05) is 0 Å². The molecule has 0 aliphatic carbocycles. The summed E-state index contributed by atoms with van der Waals surface area (Å²) in [6.45, 7) is 4.62. The molecule has 0 bridgehead atoms. The molecule has 2 aliphatic heterocycles. The highest BCUT2D eigenvalue weighted by Gasteiger charge is 2.28. The van der Waals surface area contributed by atoms with Crippen molar-refractivity contribution in [3.8, 4) is 0 Å². The van der Waals surface area contributed by atoms with Gasteiger partial charge in [-0.05, 0) is 38.1 Å². The maximum atomic E-state index is 12.3. The van der Waals surface area contributed by atoms with Crippen LogP contribution in [0.4, 0.5) is 0 Å². The third kappa shape index (κ3) is 3.42. The highest BCUT2D eigenvalue weighted by atomic mass is 16.5. The van der Waals surface area contributed by atoms with Crippen molar-refractivity contribution in [3.05, 3.63) is 0 Å². The van der Waals surface area contributed by atoms with Crippen LogP contribution >= 0.6 is 0 Å². The van der Waals surface area contributed by atoms with Crippen LogP contribution in [0.3, 0.4) is 0 Å². The van der Waals surface area contributed by atoms with Gasteiger partial charge in [0.2, 0.25) is 5.91 Å². The first-order valence-corrected chi connectivity index (χ1v) is 6.79. The predicted octanol–water partition coefficient (Wildman–Crippen LogP) is 0.871. The molecule has 0 saturated carbocycles. The van der Waals surface area contributed by atoms with Gasteiger partial charge in [0.05, 0.1) is 5.92 Å². The summed E-state index contributed by atoms with van der Waals surface area (Å²) in [5.41, 5.74) is 0. The Balaban J connectivity index is 1.77. The van der Waals surface area contributed by atoms with E-state index in [1.165, 1.54) is 0 Å². The molecule has 1 amide bonds. The second-order valence-electron chi connectivity index (χ2n) is 5.27. The van der Waals surface area contributed by atoms with E-state index in [4.69, 9.17) is 4.74 Å². The van der Waals surface area contributed by atoms with Crippen LogP contribution in [-0.2, 0) is 9.53 Å². The SMILES string of the molecule is COCC1CCN(C(=O)[C@H]2CCCNC2)CC1. The van der Waals surface area contributed by atoms with Crippen LogP contribution in [0.1, 0.15) is 25.7 Å². The number of carbonyl (C=O) groups excluding carboxylic acids is 1. The number of nitrogens with one attached hydrogen (secondary N) is 1. The molecule has 1 atom stereocenters. The molecule has 2 heterocycles. The quantitative estimate of drug-likeness (QED) is 0.796. The molecule has 0 spiro atoms. The van der Waals surface area contributed by atoms with E-state index in [0.29, 0.717) is 11.8 Å². The van der Waals surface area contributed by atoms with Crippen molar-refractivity contribution in [1.29, 1.82) is 0 Å². The number of piperidine rings is 2. The van der Waals surface area contributed by atoms with Crippen molar-refractivity contribution in [2.45, 2.75) is 25.7 Å². The van der Waals surface area contributed by atoms with Crippen molar-refractivity contribution in [3.63, 3.8) is 0 Å². The molecule has 2 fully saturated rings. The van der Waals surface area contributed by atoms with E-state index >= 15 is 0 Å². The highest BCUT2D eigenvalue weighted by molar-refractivity contribution is 5.79. The summed E-state index contributed by atoms with van der Waals surface area (Å²) < 4.78 is 5.18. The van der Waals surface area contributed by atoms with Crippen molar-refractivity contribution in [2.75, 3.05) is 39.9 Å². The van der Waals surface area contributed by atoms with E-state index < -0.39 is 0 Å². The van der Waals surface area contributed by atoms with Gasteiger partial charge in [-0.1, -0.05) is 0 Å². The summed E-state index contributed by atoms with van der Waals surface area (Å²) in [5, 5.41) is 3.32. The number of likely N-dealkylation sites (tertiary alicyclic amines) is 1. The van der Waals surface area contributed by atoms with Gasteiger partial charge in [0, 0.05) is 33.4 Å². The molecule has 0 aromatic heterocycles. The van der Waals surface area contributed by atoms with E-state index in [2.05, 4.69) is 10.2 Å². The Bertz CT molecular complexity index is 244. The lowest BCUT2D eigenvalue weighted by molar-refractivity contribution is -0.137. The Morgan fingerprint density at radius 1 is 1.35 bits per heavy atom. The van der Waals surface area contributed by atoms with Gasteiger partial charge in [0.1, 0.15) is 0 Å². The smallest absolute Gasteiger partial charge is 0.226 e. The van der Waals surface area contributed by atoms with E-state index in [-0.39, 0.29) is 5.92 Å². The Morgan fingerprint density at radius 3 is 2.71 bits per heavy atom. The maximum Gasteiger partial charge on any atom is 0.226 e. The fourth-order valence-corrected chi connectivity index (χ4v) is 2.88. The summed E-state index contributed by atoms with van der Waals surface area (Å²) >= 11 is 0. The number of methoxy groups -OCH3 is 1. The first-order chi connectivity index (χ1) is 8.31. The molecule has 0 unspecified atom stereocenters. The molecule has 1 N–H and O–H groups in total. The third-order valence-electron chi connectivity index (χ3n) is 3.97. The minimum absolute atomic E-state index is 0.225. The lowest BCUT2D eigenvalue weighted by Crippen LogP contribution is -2.46. The van der Waals surface area contributed by atoms with Crippen LogP contribution in [-0.4, -0.2) is 50.7 Å². The van der Waals surface area contributed by atoms with E-state index in [1.54, 1.807) is 7.11 Å². The van der Waals surface area contributed by atoms with E-state index in [9.17, 15) is 4.79 Å². The number of amides is 1. The molecular formula is C13H24N2O2. The topological polar surface area (TPSA) is 41.6 Å². The number of carbonyl (C=O) groups is 1. The van der Waals surface area contributed by atoms with Gasteiger partial charge in [-0.15, -0.1) is 0 Å². The number of ether oxygens (including phenoxy) is 1. The molecule has 2 saturated heterocycles. The Labute approximate surface area is 104 Å². The summed E-state index contributed by atoms with van der Waals surface area (Å²) in [7, 11) is 1.76. The van der Waals surface area contributed by atoms with E-state index in [0.717, 1.165) is 58.5 Å². The first-order valence-electron chi connectivity index (χ1n) is 6.79. The molecule has 0 radical (unpaired) electrons. The van der Waals surface area contributed by atoms with Gasteiger partial charge in [-0.25, -0.2) is 0 Å². The summed E-state index contributed by atoms with van der Waals surface area (Å²) in [4.78, 5) is 14.3. The first kappa shape index (κ1) is 12.8. The van der Waals surface area contributed by atoms with Crippen LogP contribution in [0, 0.1) is 11.8 Å². The molecule has 0 aromatic rings. The molecule has 4 heteroatoms. The van der Waals surface area contributed by atoms with Crippen LogP contribution in [0.2, 0.25) is 0 Å². The van der Waals surface area contributed by atoms with Gasteiger partial charge in [0.25, 0.3) is 0 Å². The second-order valence-corrected chi connectivity index (χ2v) is 5.27. The number of hydrogen-bond donors (Lipinski definition) is 1. The Hall–Kier alpha value is -0.610. The van der Waals surface area contributed by atoms with Crippen molar-refractivity contribution in [2.24, 2.45) is 11.8 Å². The largest absolute Gasteiger partial charge is 0.384 e. The lowest BCUT2D eigenvalue weighted by atomic mass is 9.94. The fraction of sp³-hybridized carbons (Fsp3) is 0.923. The molecule has 17 heavy (non-hydrogen) atoms. The summed E-state index contributed by atoms with van der Waals surface area (Å²) in [6, 6.07) is 0. The number of rotatable bonds is 3. The second kappa shape index (κ2) is 6.36. The van der Waals surface area contributed by atoms with Crippen molar-refractivity contribution in [1.82, 2.24) is 10.2 Å². The van der Waals surface area contributed by atoms with Gasteiger partial charge in [0.15, 0.2) is 0 Å². The summed E-state index contributed by atoms with van der Waals surface area (Å²) in [5.74, 6) is 1.24. The van der Waals surface area contributed by atoms with Gasteiger partial charge >= 0.3 is 0 Å². The zero-order valence-corrected chi connectivity index (χ0v) is 10.8. The zero-order valence-electron chi connectivity index (χ0n) is 10.8. The Morgan fingerprint density at radius 2 is 2.12 bits per heavy atom. The van der Waals surface area contributed by atoms with Crippen LogP contribution in [0.25, 0.3) is 0 Å². The molecule has 98 valence electrons. The van der Waals surface area contributed by atoms with Crippen LogP contribution < -0.4 is 5.32 Å². The van der Waals surface area contributed by atoms with Crippen molar-refractivity contribution < 1.29 is 9.53 Å². The monoisotopic (exact) mass is 240 g/mol.